The maximum atomic E-state index is 11.1. The van der Waals surface area contributed by atoms with Gasteiger partial charge in [0.05, 0.1) is 17.4 Å². The molecule has 5 heteroatoms. The molecule has 0 aliphatic carbocycles. The number of anilines is 1. The Balaban J connectivity index is 2.27. The van der Waals surface area contributed by atoms with Crippen LogP contribution in [0.2, 0.25) is 0 Å². The van der Waals surface area contributed by atoms with Crippen molar-refractivity contribution in [2.45, 2.75) is 6.92 Å². The Morgan fingerprint density at radius 2 is 1.94 bits per heavy atom. The summed E-state index contributed by atoms with van der Waals surface area (Å²) in [7, 11) is 0. The van der Waals surface area contributed by atoms with Gasteiger partial charge in [-0.15, -0.1) is 0 Å². The number of aromatic nitrogens is 1. The monoisotopic (exact) mass is 243 g/mol. The number of carbonyl (C=O) groups is 1. The highest BCUT2D eigenvalue weighted by Gasteiger charge is 2.09. The van der Waals surface area contributed by atoms with Gasteiger partial charge in [0.2, 0.25) is 5.88 Å². The van der Waals surface area contributed by atoms with Gasteiger partial charge in [-0.1, -0.05) is 17.7 Å². The third-order valence-electron chi connectivity index (χ3n) is 2.42. The van der Waals surface area contributed by atoms with Crippen molar-refractivity contribution in [2.24, 2.45) is 5.73 Å². The predicted octanol–water partition coefficient (Wildman–Crippen LogP) is 1.86. The highest BCUT2D eigenvalue weighted by molar-refractivity contribution is 5.98. The Hall–Kier alpha value is -2.56. The summed E-state index contributed by atoms with van der Waals surface area (Å²) < 4.78 is 5.50. The smallest absolute Gasteiger partial charge is 0.251 e. The van der Waals surface area contributed by atoms with Crippen LogP contribution in [0.4, 0.5) is 5.69 Å². The van der Waals surface area contributed by atoms with E-state index in [-0.39, 0.29) is 17.1 Å². The third kappa shape index (κ3) is 2.57. The molecule has 92 valence electrons. The molecule has 0 fully saturated rings. The van der Waals surface area contributed by atoms with Crippen molar-refractivity contribution in [3.63, 3.8) is 0 Å². The molecule has 0 atom stereocenters. The standard InChI is InChI=1S/C13H13N3O2/c1-8-2-4-9(5-3-8)18-12-6-10(13(15)17)11(14)7-16-12/h2-7H,14H2,1H3,(H2,15,17). The van der Waals surface area contributed by atoms with Crippen LogP contribution in [0.3, 0.4) is 0 Å². The van der Waals surface area contributed by atoms with Gasteiger partial charge in [0.25, 0.3) is 5.91 Å². The van der Waals surface area contributed by atoms with Gasteiger partial charge >= 0.3 is 0 Å². The minimum absolute atomic E-state index is 0.201. The molecule has 0 spiro atoms. The zero-order valence-electron chi connectivity index (χ0n) is 9.88. The van der Waals surface area contributed by atoms with Gasteiger partial charge in [-0.2, -0.15) is 0 Å². The molecule has 0 bridgehead atoms. The molecule has 1 aromatic heterocycles. The molecule has 0 saturated heterocycles. The first kappa shape index (κ1) is 11.9. The van der Waals surface area contributed by atoms with E-state index in [2.05, 4.69) is 4.98 Å². The number of amides is 1. The quantitative estimate of drug-likeness (QED) is 0.860. The fourth-order valence-corrected chi connectivity index (χ4v) is 1.44. The number of carbonyl (C=O) groups excluding carboxylic acids is 1. The Morgan fingerprint density at radius 3 is 2.56 bits per heavy atom. The van der Waals surface area contributed by atoms with Crippen LogP contribution in [0.15, 0.2) is 36.5 Å². The van der Waals surface area contributed by atoms with Gasteiger partial charge < -0.3 is 16.2 Å². The second-order valence-electron chi connectivity index (χ2n) is 3.89. The minimum atomic E-state index is -0.608. The van der Waals surface area contributed by atoms with E-state index >= 15 is 0 Å². The van der Waals surface area contributed by atoms with E-state index in [4.69, 9.17) is 16.2 Å². The first-order chi connectivity index (χ1) is 8.56. The molecule has 2 aromatic rings. The number of benzene rings is 1. The van der Waals surface area contributed by atoms with Gasteiger partial charge in [0.15, 0.2) is 0 Å². The first-order valence-corrected chi connectivity index (χ1v) is 5.36. The topological polar surface area (TPSA) is 91.2 Å². The lowest BCUT2D eigenvalue weighted by molar-refractivity contribution is 0.100. The molecule has 0 radical (unpaired) electrons. The summed E-state index contributed by atoms with van der Waals surface area (Å²) >= 11 is 0. The summed E-state index contributed by atoms with van der Waals surface area (Å²) in [5, 5.41) is 0. The van der Waals surface area contributed by atoms with Crippen molar-refractivity contribution < 1.29 is 9.53 Å². The number of hydrogen-bond donors (Lipinski definition) is 2. The maximum Gasteiger partial charge on any atom is 0.251 e. The molecule has 0 unspecified atom stereocenters. The first-order valence-electron chi connectivity index (χ1n) is 5.36. The summed E-state index contributed by atoms with van der Waals surface area (Å²) in [4.78, 5) is 15.1. The number of rotatable bonds is 3. The average molecular weight is 243 g/mol. The summed E-state index contributed by atoms with van der Waals surface area (Å²) in [5.41, 5.74) is 12.3. The van der Waals surface area contributed by atoms with E-state index in [1.165, 1.54) is 12.3 Å². The van der Waals surface area contributed by atoms with E-state index < -0.39 is 5.91 Å². The lowest BCUT2D eigenvalue weighted by Crippen LogP contribution is -2.13. The van der Waals surface area contributed by atoms with Crippen LogP contribution in [0.25, 0.3) is 0 Å². The highest BCUT2D eigenvalue weighted by Crippen LogP contribution is 2.22. The molecule has 0 aliphatic heterocycles. The summed E-state index contributed by atoms with van der Waals surface area (Å²) in [6.45, 7) is 1.98. The largest absolute Gasteiger partial charge is 0.439 e. The van der Waals surface area contributed by atoms with Gasteiger partial charge in [0.1, 0.15) is 5.75 Å². The number of nitrogen functional groups attached to an aromatic ring is 1. The number of hydrogen-bond acceptors (Lipinski definition) is 4. The number of aryl methyl sites for hydroxylation is 1. The molecular weight excluding hydrogens is 230 g/mol. The second-order valence-corrected chi connectivity index (χ2v) is 3.89. The van der Waals surface area contributed by atoms with Gasteiger partial charge in [-0.05, 0) is 19.1 Å². The van der Waals surface area contributed by atoms with E-state index in [0.29, 0.717) is 5.75 Å². The van der Waals surface area contributed by atoms with E-state index in [1.54, 1.807) is 0 Å². The molecule has 1 amide bonds. The van der Waals surface area contributed by atoms with Crippen molar-refractivity contribution in [1.29, 1.82) is 0 Å². The van der Waals surface area contributed by atoms with Crippen LogP contribution in [0.5, 0.6) is 11.6 Å². The minimum Gasteiger partial charge on any atom is -0.439 e. The van der Waals surface area contributed by atoms with Crippen LogP contribution >= 0.6 is 0 Å². The van der Waals surface area contributed by atoms with Crippen LogP contribution in [0, 0.1) is 6.92 Å². The zero-order valence-corrected chi connectivity index (χ0v) is 9.88. The summed E-state index contributed by atoms with van der Waals surface area (Å²) in [6.07, 6.45) is 1.35. The van der Waals surface area contributed by atoms with Crippen molar-refractivity contribution in [2.75, 3.05) is 5.73 Å². The molecule has 0 aliphatic rings. The number of primary amides is 1. The Bertz CT molecular complexity index is 579. The second kappa shape index (κ2) is 4.75. The van der Waals surface area contributed by atoms with Crippen LogP contribution in [-0.4, -0.2) is 10.9 Å². The lowest BCUT2D eigenvalue weighted by atomic mass is 10.2. The molecule has 5 nitrogen and oxygen atoms in total. The third-order valence-corrected chi connectivity index (χ3v) is 2.42. The molecule has 1 aromatic carbocycles. The molecule has 4 N–H and O–H groups in total. The Labute approximate surface area is 104 Å². The van der Waals surface area contributed by atoms with Crippen LogP contribution < -0.4 is 16.2 Å². The van der Waals surface area contributed by atoms with Crippen molar-refractivity contribution in [3.8, 4) is 11.6 Å². The fraction of sp³-hybridized carbons (Fsp3) is 0.0769. The number of ether oxygens (including phenoxy) is 1. The van der Waals surface area contributed by atoms with Crippen LogP contribution in [0.1, 0.15) is 15.9 Å². The number of nitrogens with zero attached hydrogens (tertiary/aromatic N) is 1. The lowest BCUT2D eigenvalue weighted by Gasteiger charge is -2.07. The molecule has 18 heavy (non-hydrogen) atoms. The fourth-order valence-electron chi connectivity index (χ4n) is 1.44. The molecule has 2 rings (SSSR count). The van der Waals surface area contributed by atoms with Gasteiger partial charge in [-0.3, -0.25) is 4.79 Å². The zero-order chi connectivity index (χ0) is 13.1. The molecule has 0 saturated carbocycles. The average Bonchev–Trinajstić information content (AvgIpc) is 2.34. The number of nitrogens with two attached hydrogens (primary N) is 2. The Kier molecular flexibility index (Phi) is 3.14. The highest BCUT2D eigenvalue weighted by atomic mass is 16.5. The van der Waals surface area contributed by atoms with Crippen molar-refractivity contribution in [3.05, 3.63) is 47.7 Å². The summed E-state index contributed by atoms with van der Waals surface area (Å²) in [5.74, 6) is 0.304. The van der Waals surface area contributed by atoms with Crippen molar-refractivity contribution >= 4 is 11.6 Å². The SMILES string of the molecule is Cc1ccc(Oc2cc(C(N)=O)c(N)cn2)cc1. The van der Waals surface area contributed by atoms with E-state index in [0.717, 1.165) is 5.56 Å². The number of pyridine rings is 1. The maximum absolute atomic E-state index is 11.1. The van der Waals surface area contributed by atoms with Crippen molar-refractivity contribution in [1.82, 2.24) is 4.98 Å². The normalized spacial score (nSPS) is 10.1. The molecule has 1 heterocycles. The Morgan fingerprint density at radius 1 is 1.28 bits per heavy atom. The predicted molar refractivity (Wildman–Crippen MR) is 68.4 cm³/mol. The van der Waals surface area contributed by atoms with E-state index in [1.807, 2.05) is 31.2 Å². The van der Waals surface area contributed by atoms with Gasteiger partial charge in [-0.25, -0.2) is 4.98 Å². The van der Waals surface area contributed by atoms with E-state index in [9.17, 15) is 4.79 Å². The summed E-state index contributed by atoms with van der Waals surface area (Å²) in [6, 6.07) is 8.90. The molecular formula is C13H13N3O2. The van der Waals surface area contributed by atoms with Crippen LogP contribution in [-0.2, 0) is 0 Å². The van der Waals surface area contributed by atoms with Gasteiger partial charge in [0, 0.05) is 6.07 Å².